The third kappa shape index (κ3) is 5.97. The lowest BCUT2D eigenvalue weighted by Gasteiger charge is -2.57. The van der Waals surface area contributed by atoms with Crippen molar-refractivity contribution < 1.29 is 23.0 Å². The number of carbonyl (C=O) groups is 1. The number of piperidine rings is 1. The number of fused-ring (bicyclic) bond motifs is 2. The summed E-state index contributed by atoms with van der Waals surface area (Å²) in [5.74, 6) is -0.332. The summed E-state index contributed by atoms with van der Waals surface area (Å²) in [7, 11) is 2.20. The van der Waals surface area contributed by atoms with E-state index in [1.165, 1.54) is 19.3 Å². The van der Waals surface area contributed by atoms with Gasteiger partial charge in [-0.3, -0.25) is 15.2 Å². The molecule has 0 radical (unpaired) electrons. The van der Waals surface area contributed by atoms with E-state index in [9.17, 15) is 10.1 Å². The Morgan fingerprint density at radius 2 is 1.98 bits per heavy atom. The molecule has 12 heteroatoms. The van der Waals surface area contributed by atoms with Crippen LogP contribution in [0.3, 0.4) is 0 Å². The maximum atomic E-state index is 17.2. The van der Waals surface area contributed by atoms with E-state index in [0.29, 0.717) is 22.4 Å². The van der Waals surface area contributed by atoms with Gasteiger partial charge in [-0.05, 0) is 78.6 Å². The molecule has 5 heterocycles. The van der Waals surface area contributed by atoms with E-state index in [4.69, 9.17) is 14.5 Å². The second-order valence-electron chi connectivity index (χ2n) is 14.0. The molecule has 1 aromatic carbocycles. The van der Waals surface area contributed by atoms with Gasteiger partial charge in [0.2, 0.25) is 0 Å². The summed E-state index contributed by atoms with van der Waals surface area (Å²) in [6.45, 7) is 14.3. The summed E-state index contributed by atoms with van der Waals surface area (Å²) in [5.41, 5.74) is 1.87. The highest BCUT2D eigenvalue weighted by atomic mass is 32.1. The number of rotatable bonds is 4. The number of amides is 1. The molecule has 2 saturated heterocycles. The molecular weight excluding hydrogens is 634 g/mol. The zero-order valence-corrected chi connectivity index (χ0v) is 29.5. The molecular formula is C36H42F2N6O3S. The molecule has 3 aliphatic rings. The first-order valence-electron chi connectivity index (χ1n) is 16.4. The highest BCUT2D eigenvalue weighted by molar-refractivity contribution is 7.23. The number of nitrogens with zero attached hydrogens (tertiary/aromatic N) is 5. The lowest BCUT2D eigenvalue weighted by Crippen LogP contribution is -2.71. The van der Waals surface area contributed by atoms with Gasteiger partial charge in [0, 0.05) is 40.7 Å². The van der Waals surface area contributed by atoms with Crippen molar-refractivity contribution in [2.24, 2.45) is 4.99 Å². The van der Waals surface area contributed by atoms with Crippen molar-refractivity contribution >= 4 is 50.1 Å². The Balaban J connectivity index is 1.50. The van der Waals surface area contributed by atoms with Crippen molar-refractivity contribution in [3.8, 4) is 17.3 Å². The molecule has 0 unspecified atom stereocenters. The first-order chi connectivity index (χ1) is 22.8. The van der Waals surface area contributed by atoms with Gasteiger partial charge in [0.15, 0.2) is 5.82 Å². The molecule has 0 bridgehead atoms. The zero-order valence-electron chi connectivity index (χ0n) is 28.6. The van der Waals surface area contributed by atoms with Gasteiger partial charge in [0.1, 0.15) is 28.3 Å². The number of halogens is 2. The van der Waals surface area contributed by atoms with E-state index < -0.39 is 23.3 Å². The van der Waals surface area contributed by atoms with Crippen LogP contribution in [0.15, 0.2) is 11.2 Å². The summed E-state index contributed by atoms with van der Waals surface area (Å²) in [6.07, 6.45) is 6.24. The summed E-state index contributed by atoms with van der Waals surface area (Å²) >= 11 is 0.885. The Labute approximate surface area is 283 Å². The van der Waals surface area contributed by atoms with E-state index >= 15 is 8.78 Å². The van der Waals surface area contributed by atoms with Crippen LogP contribution in [0.2, 0.25) is 0 Å². The first-order valence-corrected chi connectivity index (χ1v) is 17.2. The molecule has 3 aromatic rings. The fourth-order valence-corrected chi connectivity index (χ4v) is 8.06. The SMILES string of the molecule is CCC(C)=c1c(F)c(-c2ncc(F)c3sc(NC(=O)OC(C)(C)C)c(C#N)c23)c2c(/c1=C/N=C(C)N1CC3(CCCCN3C)C1)COC2. The van der Waals surface area contributed by atoms with Crippen LogP contribution in [-0.4, -0.2) is 64.5 Å². The smallest absolute Gasteiger partial charge is 0.412 e. The maximum Gasteiger partial charge on any atom is 0.412 e. The highest BCUT2D eigenvalue weighted by Gasteiger charge is 2.47. The number of hydrogen-bond donors (Lipinski definition) is 1. The van der Waals surface area contributed by atoms with Crippen LogP contribution >= 0.6 is 11.3 Å². The zero-order chi connectivity index (χ0) is 34.5. The molecule has 0 atom stereocenters. The number of amidine groups is 1. The monoisotopic (exact) mass is 676 g/mol. The van der Waals surface area contributed by atoms with Gasteiger partial charge in [0.05, 0.1) is 40.9 Å². The van der Waals surface area contributed by atoms with Crippen LogP contribution < -0.4 is 15.8 Å². The number of nitriles is 1. The molecule has 48 heavy (non-hydrogen) atoms. The van der Waals surface area contributed by atoms with Gasteiger partial charge in [-0.1, -0.05) is 18.9 Å². The predicted molar refractivity (Wildman–Crippen MR) is 185 cm³/mol. The van der Waals surface area contributed by atoms with Crippen LogP contribution in [0.5, 0.6) is 0 Å². The molecule has 1 spiro atoms. The van der Waals surface area contributed by atoms with Crippen molar-refractivity contribution in [1.29, 1.82) is 5.26 Å². The van der Waals surface area contributed by atoms with Gasteiger partial charge in [-0.25, -0.2) is 18.6 Å². The molecule has 2 fully saturated rings. The third-order valence-electron chi connectivity index (χ3n) is 9.79. The largest absolute Gasteiger partial charge is 0.444 e. The Morgan fingerprint density at radius 3 is 2.65 bits per heavy atom. The summed E-state index contributed by atoms with van der Waals surface area (Å²) in [5, 5.41) is 14.1. The van der Waals surface area contributed by atoms with E-state index in [1.54, 1.807) is 27.0 Å². The van der Waals surface area contributed by atoms with Crippen LogP contribution in [-0.2, 0) is 22.7 Å². The van der Waals surface area contributed by atoms with Gasteiger partial charge in [0.25, 0.3) is 0 Å². The first kappa shape index (κ1) is 34.0. The summed E-state index contributed by atoms with van der Waals surface area (Å²) in [4.78, 5) is 26.6. The molecule has 0 saturated carbocycles. The van der Waals surface area contributed by atoms with E-state index in [2.05, 4.69) is 33.2 Å². The second kappa shape index (κ2) is 12.8. The van der Waals surface area contributed by atoms with Crippen molar-refractivity contribution in [2.75, 3.05) is 32.0 Å². The number of nitrogens with one attached hydrogen (secondary N) is 1. The van der Waals surface area contributed by atoms with Crippen LogP contribution in [0.1, 0.15) is 83.9 Å². The van der Waals surface area contributed by atoms with Crippen LogP contribution in [0, 0.1) is 23.0 Å². The number of likely N-dealkylation sites (tertiary alicyclic amines) is 2. The molecule has 0 aliphatic carbocycles. The molecule has 6 rings (SSSR count). The van der Waals surface area contributed by atoms with Gasteiger partial charge in [-0.2, -0.15) is 5.26 Å². The minimum Gasteiger partial charge on any atom is -0.444 e. The molecule has 1 amide bonds. The second-order valence-corrected chi connectivity index (χ2v) is 15.1. The summed E-state index contributed by atoms with van der Waals surface area (Å²) < 4.78 is 43.8. The average molecular weight is 677 g/mol. The topological polar surface area (TPSA) is 103 Å². The third-order valence-corrected chi connectivity index (χ3v) is 10.9. The Morgan fingerprint density at radius 1 is 1.25 bits per heavy atom. The molecule has 254 valence electrons. The van der Waals surface area contributed by atoms with Gasteiger partial charge < -0.3 is 14.4 Å². The standard InChI is InChI=1S/C36H42F2N6O3S/c1-8-20(2)27-23(14-40-21(3)44-18-36(19-44)11-9-10-12-43(36)7)24-16-46-17-25(24)28(30(27)38)31-29-22(13-39)33(42-34(45)47-35(4,5)6)48-32(29)26(37)15-41-31/h14-15H,8-12,16-19H2,1-7H3,(H,42,45)/b23-14-,27-20?,40-21?. The van der Waals surface area contributed by atoms with Crippen LogP contribution in [0.25, 0.3) is 33.1 Å². The van der Waals surface area contributed by atoms with E-state index in [0.717, 1.165) is 54.1 Å². The molecule has 3 aliphatic heterocycles. The molecule has 9 nitrogen and oxygen atoms in total. The number of pyridine rings is 1. The number of hydrogen-bond acceptors (Lipinski definition) is 8. The van der Waals surface area contributed by atoms with Crippen molar-refractivity contribution in [1.82, 2.24) is 14.8 Å². The number of aromatic nitrogens is 1. The number of aliphatic imine (C=N–C) groups is 1. The summed E-state index contributed by atoms with van der Waals surface area (Å²) in [6, 6.07) is 2.09. The van der Waals surface area contributed by atoms with Crippen LogP contribution in [0.4, 0.5) is 18.6 Å². The highest BCUT2D eigenvalue weighted by Crippen LogP contribution is 2.43. The number of carbonyl (C=O) groups excluding carboxylic acids is 1. The predicted octanol–water partition coefficient (Wildman–Crippen LogP) is 6.40. The molecule has 2 aromatic heterocycles. The number of thiophene rings is 1. The average Bonchev–Trinajstić information content (AvgIpc) is 3.63. The minimum absolute atomic E-state index is 0.0144. The van der Waals surface area contributed by atoms with E-state index in [1.807, 2.05) is 20.8 Å². The van der Waals surface area contributed by atoms with E-state index in [-0.39, 0.29) is 50.7 Å². The maximum absolute atomic E-state index is 17.2. The Bertz CT molecular complexity index is 2000. The Kier molecular flexibility index (Phi) is 9.08. The fourth-order valence-electron chi connectivity index (χ4n) is 7.02. The lowest BCUT2D eigenvalue weighted by molar-refractivity contribution is -0.0306. The normalized spacial score (nSPS) is 19.0. The lowest BCUT2D eigenvalue weighted by atomic mass is 9.80. The Hall–Kier alpha value is -3.92. The van der Waals surface area contributed by atoms with Gasteiger partial charge in [-0.15, -0.1) is 11.3 Å². The number of likely N-dealkylation sites (N-methyl/N-ethyl adjacent to an activating group) is 1. The van der Waals surface area contributed by atoms with Crippen molar-refractivity contribution in [2.45, 2.75) is 91.6 Å². The van der Waals surface area contributed by atoms with Crippen molar-refractivity contribution in [3.05, 3.63) is 45.0 Å². The number of benzene rings is 1. The van der Waals surface area contributed by atoms with Gasteiger partial charge >= 0.3 is 6.09 Å². The van der Waals surface area contributed by atoms with Crippen molar-refractivity contribution in [3.63, 3.8) is 0 Å². The molecule has 1 N–H and O–H groups in total. The minimum atomic E-state index is -0.788. The fraction of sp³-hybridized carbons (Fsp3) is 0.500. The quantitative estimate of drug-likeness (QED) is 0.252. The number of anilines is 1. The number of ether oxygens (including phenoxy) is 2.